The molecule has 3 aromatic rings. The molecule has 3 heterocycles. The summed E-state index contributed by atoms with van der Waals surface area (Å²) in [5, 5.41) is 3.51. The molecule has 2 aromatic carbocycles. The number of carbonyl (C=O) groups excluding carboxylic acids is 1. The topological polar surface area (TPSA) is 68.6 Å². The lowest BCUT2D eigenvalue weighted by atomic mass is 9.92. The number of nitrogens with zero attached hydrogens (tertiary/aromatic N) is 3. The number of morpholine rings is 1. The minimum absolute atomic E-state index is 0.00855. The molecule has 0 saturated carbocycles. The number of aromatic nitrogens is 2. The first-order chi connectivity index (χ1) is 16.7. The Morgan fingerprint density at radius 2 is 2.00 bits per heavy atom. The molecule has 3 atom stereocenters. The molecule has 2 aliphatic heterocycles. The number of piperidine rings is 1. The Hall–Kier alpha value is -3.00. The number of nitrogens with one attached hydrogen (secondary N) is 1. The number of hydrogen-bond acceptors (Lipinski definition) is 5. The second kappa shape index (κ2) is 10.1. The number of benzene rings is 2. The largest absolute Gasteiger partial charge is 0.380 e. The fourth-order valence-electron chi connectivity index (χ4n) is 5.22. The van der Waals surface area contributed by atoms with E-state index in [9.17, 15) is 4.79 Å². The average molecular weight is 461 g/mol. The van der Waals surface area contributed by atoms with Gasteiger partial charge >= 0.3 is 0 Å². The van der Waals surface area contributed by atoms with Crippen molar-refractivity contribution >= 4 is 5.91 Å². The summed E-state index contributed by atoms with van der Waals surface area (Å²) in [6.45, 7) is 5.57. The maximum Gasteiger partial charge on any atom is 0.272 e. The van der Waals surface area contributed by atoms with Crippen molar-refractivity contribution < 1.29 is 14.3 Å². The monoisotopic (exact) mass is 460 g/mol. The van der Waals surface area contributed by atoms with Crippen LogP contribution < -0.4 is 5.32 Å². The minimum Gasteiger partial charge on any atom is -0.380 e. The molecule has 5 rings (SSSR count). The highest BCUT2D eigenvalue weighted by atomic mass is 16.5. The number of rotatable bonds is 6. The second-order valence-corrected chi connectivity index (χ2v) is 9.05. The second-order valence-electron chi connectivity index (χ2n) is 9.05. The molecule has 0 bridgehead atoms. The van der Waals surface area contributed by atoms with Crippen molar-refractivity contribution in [1.82, 2.24) is 19.8 Å². The van der Waals surface area contributed by atoms with Crippen LogP contribution in [0.3, 0.4) is 0 Å². The summed E-state index contributed by atoms with van der Waals surface area (Å²) in [5.41, 5.74) is 5.16. The van der Waals surface area contributed by atoms with Gasteiger partial charge in [-0.25, -0.2) is 4.98 Å². The van der Waals surface area contributed by atoms with Gasteiger partial charge in [0.15, 0.2) is 0 Å². The van der Waals surface area contributed by atoms with Gasteiger partial charge in [-0.15, -0.1) is 0 Å². The van der Waals surface area contributed by atoms with Crippen LogP contribution >= 0.6 is 0 Å². The Balaban J connectivity index is 1.43. The maximum absolute atomic E-state index is 13.6. The van der Waals surface area contributed by atoms with E-state index in [1.807, 2.05) is 27.7 Å². The van der Waals surface area contributed by atoms with E-state index in [2.05, 4.69) is 47.6 Å². The molecule has 1 amide bonds. The molecular formula is C27H32N4O3. The highest BCUT2D eigenvalue weighted by Crippen LogP contribution is 2.33. The predicted molar refractivity (Wildman–Crippen MR) is 131 cm³/mol. The SMILES string of the molecule is COCc1ccccc1-c1ccccc1[C@H](C)n1cncc1C(=O)N1CC[C@@H]2NCCO[C@H]2C1. The quantitative estimate of drug-likeness (QED) is 0.610. The molecular weight excluding hydrogens is 428 g/mol. The Labute approximate surface area is 200 Å². The van der Waals surface area contributed by atoms with Crippen LogP contribution in [0.1, 0.15) is 41.0 Å². The number of amides is 1. The van der Waals surface area contributed by atoms with Crippen LogP contribution in [-0.2, 0) is 16.1 Å². The predicted octanol–water partition coefficient (Wildman–Crippen LogP) is 3.51. The number of ether oxygens (including phenoxy) is 2. The first kappa shape index (κ1) is 22.8. The normalized spacial score (nSPS) is 21.2. The molecule has 0 radical (unpaired) electrons. The standard InChI is InChI=1S/C27H32N4O3/c1-19(21-8-5-6-10-23(21)22-9-4-3-7-20(22)17-33-2)31-18-28-15-25(31)27(32)30-13-11-24-26(16-30)34-14-12-29-24/h3-10,15,18-19,24,26,29H,11-14,16-17H2,1-2H3/t19-,24-,26-/m0/s1. The first-order valence-corrected chi connectivity index (χ1v) is 12.0. The van der Waals surface area contributed by atoms with Crippen molar-refractivity contribution in [3.63, 3.8) is 0 Å². The number of methoxy groups -OCH3 is 1. The lowest BCUT2D eigenvalue weighted by Crippen LogP contribution is -2.58. The Morgan fingerprint density at radius 3 is 2.85 bits per heavy atom. The third kappa shape index (κ3) is 4.39. The molecule has 2 fully saturated rings. The van der Waals surface area contributed by atoms with Crippen molar-refractivity contribution in [1.29, 1.82) is 0 Å². The third-order valence-corrected chi connectivity index (χ3v) is 7.01. The Morgan fingerprint density at radius 1 is 1.21 bits per heavy atom. The van der Waals surface area contributed by atoms with Crippen LogP contribution in [0.5, 0.6) is 0 Å². The first-order valence-electron chi connectivity index (χ1n) is 12.0. The fourth-order valence-corrected chi connectivity index (χ4v) is 5.22. The molecule has 0 spiro atoms. The Kier molecular flexibility index (Phi) is 6.76. The zero-order chi connectivity index (χ0) is 23.5. The molecule has 7 nitrogen and oxygen atoms in total. The summed E-state index contributed by atoms with van der Waals surface area (Å²) in [4.78, 5) is 19.8. The van der Waals surface area contributed by atoms with Crippen LogP contribution in [-0.4, -0.2) is 65.9 Å². The van der Waals surface area contributed by atoms with E-state index >= 15 is 0 Å². The van der Waals surface area contributed by atoms with Gasteiger partial charge in [-0.1, -0.05) is 48.5 Å². The summed E-state index contributed by atoms with van der Waals surface area (Å²) in [5.74, 6) is 0.00855. The number of hydrogen-bond donors (Lipinski definition) is 1. The lowest BCUT2D eigenvalue weighted by molar-refractivity contribution is -0.0417. The fraction of sp³-hybridized carbons (Fsp3) is 0.407. The van der Waals surface area contributed by atoms with Crippen molar-refractivity contribution in [2.24, 2.45) is 0 Å². The summed E-state index contributed by atoms with van der Waals surface area (Å²) >= 11 is 0. The van der Waals surface area contributed by atoms with Gasteiger partial charge in [0, 0.05) is 32.8 Å². The van der Waals surface area contributed by atoms with E-state index < -0.39 is 0 Å². The van der Waals surface area contributed by atoms with E-state index in [4.69, 9.17) is 9.47 Å². The summed E-state index contributed by atoms with van der Waals surface area (Å²) in [6.07, 6.45) is 4.41. The van der Waals surface area contributed by atoms with E-state index in [0.717, 1.165) is 41.8 Å². The van der Waals surface area contributed by atoms with Gasteiger partial charge < -0.3 is 24.3 Å². The zero-order valence-electron chi connectivity index (χ0n) is 19.8. The molecule has 1 aromatic heterocycles. The van der Waals surface area contributed by atoms with Crippen LogP contribution in [0, 0.1) is 0 Å². The van der Waals surface area contributed by atoms with Crippen molar-refractivity contribution in [2.45, 2.75) is 38.1 Å². The Bertz CT molecular complexity index is 1140. The molecule has 178 valence electrons. The molecule has 1 N–H and O–H groups in total. The number of imidazole rings is 1. The van der Waals surface area contributed by atoms with Gasteiger partial charge in [-0.2, -0.15) is 0 Å². The van der Waals surface area contributed by atoms with E-state index in [0.29, 0.717) is 31.5 Å². The minimum atomic E-state index is -0.0709. The van der Waals surface area contributed by atoms with Crippen molar-refractivity contribution in [2.75, 3.05) is 33.4 Å². The van der Waals surface area contributed by atoms with Gasteiger partial charge in [0.05, 0.1) is 37.9 Å². The number of likely N-dealkylation sites (tertiary alicyclic amines) is 1. The van der Waals surface area contributed by atoms with Gasteiger partial charge in [0.25, 0.3) is 5.91 Å². The number of fused-ring (bicyclic) bond motifs is 1. The van der Waals surface area contributed by atoms with Gasteiger partial charge in [0.1, 0.15) is 5.69 Å². The highest BCUT2D eigenvalue weighted by molar-refractivity contribution is 5.92. The maximum atomic E-state index is 13.6. The molecule has 34 heavy (non-hydrogen) atoms. The van der Waals surface area contributed by atoms with Crippen LogP contribution in [0.15, 0.2) is 61.1 Å². The van der Waals surface area contributed by atoms with E-state index in [-0.39, 0.29) is 18.1 Å². The van der Waals surface area contributed by atoms with Crippen molar-refractivity contribution in [3.8, 4) is 11.1 Å². The molecule has 7 heteroatoms. The van der Waals surface area contributed by atoms with Gasteiger partial charge in [-0.05, 0) is 35.6 Å². The van der Waals surface area contributed by atoms with Crippen LogP contribution in [0.25, 0.3) is 11.1 Å². The average Bonchev–Trinajstić information content (AvgIpc) is 3.38. The van der Waals surface area contributed by atoms with E-state index in [1.54, 1.807) is 19.6 Å². The zero-order valence-corrected chi connectivity index (χ0v) is 19.8. The van der Waals surface area contributed by atoms with Crippen LogP contribution in [0.4, 0.5) is 0 Å². The summed E-state index contributed by atoms with van der Waals surface area (Å²) < 4.78 is 13.4. The van der Waals surface area contributed by atoms with E-state index in [1.165, 1.54) is 0 Å². The lowest BCUT2D eigenvalue weighted by Gasteiger charge is -2.41. The van der Waals surface area contributed by atoms with Crippen molar-refractivity contribution in [3.05, 3.63) is 77.9 Å². The molecule has 0 unspecified atom stereocenters. The number of carbonyl (C=O) groups is 1. The summed E-state index contributed by atoms with van der Waals surface area (Å²) in [6, 6.07) is 16.9. The molecule has 2 aliphatic rings. The van der Waals surface area contributed by atoms with Crippen LogP contribution in [0.2, 0.25) is 0 Å². The molecule has 0 aliphatic carbocycles. The smallest absolute Gasteiger partial charge is 0.272 e. The van der Waals surface area contributed by atoms with Gasteiger partial charge in [-0.3, -0.25) is 4.79 Å². The highest BCUT2D eigenvalue weighted by Gasteiger charge is 2.35. The van der Waals surface area contributed by atoms with Gasteiger partial charge in [0.2, 0.25) is 0 Å². The third-order valence-electron chi connectivity index (χ3n) is 7.01. The molecule has 2 saturated heterocycles. The summed E-state index contributed by atoms with van der Waals surface area (Å²) in [7, 11) is 1.71.